The van der Waals surface area contributed by atoms with Gasteiger partial charge >= 0.3 is 6.18 Å². The van der Waals surface area contributed by atoms with E-state index in [2.05, 4.69) is 15.6 Å². The summed E-state index contributed by atoms with van der Waals surface area (Å²) in [4.78, 5) is 26.4. The van der Waals surface area contributed by atoms with Gasteiger partial charge in [0.1, 0.15) is 12.1 Å². The van der Waals surface area contributed by atoms with Gasteiger partial charge in [0.15, 0.2) is 0 Å². The number of halogens is 3. The largest absolute Gasteiger partial charge is 0.418 e. The van der Waals surface area contributed by atoms with Crippen LogP contribution in [0.2, 0.25) is 0 Å². The zero-order chi connectivity index (χ0) is 21.9. The molecule has 0 saturated heterocycles. The molecule has 0 radical (unpaired) electrons. The van der Waals surface area contributed by atoms with Crippen molar-refractivity contribution in [1.82, 2.24) is 19.9 Å². The van der Waals surface area contributed by atoms with E-state index in [0.29, 0.717) is 17.6 Å². The number of fused-ring (bicyclic) bond motifs is 1. The monoisotopic (exact) mass is 419 g/mol. The van der Waals surface area contributed by atoms with Gasteiger partial charge in [-0.25, -0.2) is 4.68 Å². The van der Waals surface area contributed by atoms with Crippen molar-refractivity contribution in [3.05, 3.63) is 53.6 Å². The predicted octanol–water partition coefficient (Wildman–Crippen LogP) is 3.57. The van der Waals surface area contributed by atoms with Crippen molar-refractivity contribution in [2.24, 2.45) is 0 Å². The molecule has 7 nitrogen and oxygen atoms in total. The molecule has 3 aromatic rings. The summed E-state index contributed by atoms with van der Waals surface area (Å²) >= 11 is 0. The minimum atomic E-state index is -4.60. The topological polar surface area (TPSA) is 80.1 Å². The van der Waals surface area contributed by atoms with Gasteiger partial charge in [-0.1, -0.05) is 17.3 Å². The number of alkyl halides is 3. The van der Waals surface area contributed by atoms with Crippen LogP contribution in [0.1, 0.15) is 29.8 Å². The van der Waals surface area contributed by atoms with Gasteiger partial charge in [0.2, 0.25) is 5.91 Å². The van der Waals surface area contributed by atoms with Gasteiger partial charge in [0.25, 0.3) is 5.91 Å². The molecule has 1 aromatic heterocycles. The quantitative estimate of drug-likeness (QED) is 0.663. The van der Waals surface area contributed by atoms with Gasteiger partial charge in [-0.2, -0.15) is 13.2 Å². The van der Waals surface area contributed by atoms with Gasteiger partial charge in [0, 0.05) is 18.7 Å². The maximum atomic E-state index is 13.1. The summed E-state index contributed by atoms with van der Waals surface area (Å²) in [6.07, 6.45) is -4.60. The number of carbonyl (C=O) groups excluding carboxylic acids is 2. The molecule has 30 heavy (non-hydrogen) atoms. The Morgan fingerprint density at radius 3 is 2.53 bits per heavy atom. The van der Waals surface area contributed by atoms with E-state index in [0.717, 1.165) is 11.6 Å². The number of para-hydroxylation sites is 1. The van der Waals surface area contributed by atoms with Gasteiger partial charge < -0.3 is 10.2 Å². The summed E-state index contributed by atoms with van der Waals surface area (Å²) in [5, 5.41) is 10.3. The second-order valence-corrected chi connectivity index (χ2v) is 6.52. The van der Waals surface area contributed by atoms with Crippen LogP contribution in [0.15, 0.2) is 42.5 Å². The fraction of sp³-hybridized carbons (Fsp3) is 0.300. The number of aromatic nitrogens is 3. The lowest BCUT2D eigenvalue weighted by molar-refractivity contribution is -0.137. The molecular formula is C20H20F3N5O2. The molecule has 10 heteroatoms. The number of nitrogens with zero attached hydrogens (tertiary/aromatic N) is 4. The molecule has 0 spiro atoms. The normalized spacial score (nSPS) is 11.5. The number of hydrogen-bond acceptors (Lipinski definition) is 4. The summed E-state index contributed by atoms with van der Waals surface area (Å²) in [7, 11) is 0. The van der Waals surface area contributed by atoms with Crippen LogP contribution < -0.4 is 5.32 Å². The first-order valence-corrected chi connectivity index (χ1v) is 9.33. The van der Waals surface area contributed by atoms with E-state index in [-0.39, 0.29) is 18.8 Å². The first kappa shape index (κ1) is 21.3. The molecule has 0 atom stereocenters. The van der Waals surface area contributed by atoms with Crippen molar-refractivity contribution >= 4 is 28.5 Å². The SMILES string of the molecule is CCN(CC(=O)Nc1ccccc1C(F)(F)F)C(=O)c1ccc2c(c1)nnn2CC. The van der Waals surface area contributed by atoms with Crippen LogP contribution in [0, 0.1) is 0 Å². The zero-order valence-corrected chi connectivity index (χ0v) is 16.4. The molecule has 3 rings (SSSR count). The molecule has 0 unspecified atom stereocenters. The number of amides is 2. The minimum absolute atomic E-state index is 0.201. The van der Waals surface area contributed by atoms with Crippen LogP contribution in [0.3, 0.4) is 0 Å². The highest BCUT2D eigenvalue weighted by atomic mass is 19.4. The Morgan fingerprint density at radius 1 is 1.13 bits per heavy atom. The fourth-order valence-corrected chi connectivity index (χ4v) is 3.05. The Labute approximate surface area is 170 Å². The van der Waals surface area contributed by atoms with Crippen molar-refractivity contribution in [3.63, 3.8) is 0 Å². The third-order valence-electron chi connectivity index (χ3n) is 4.57. The van der Waals surface area contributed by atoms with E-state index < -0.39 is 23.6 Å². The Kier molecular flexibility index (Phi) is 6.04. The standard InChI is InChI=1S/C20H20F3N5O2/c1-3-27(12-18(29)24-15-8-6-5-7-14(15)20(21,22)23)19(30)13-9-10-17-16(11-13)25-26-28(17)4-2/h5-11H,3-4,12H2,1-2H3,(H,24,29). The highest BCUT2D eigenvalue weighted by Gasteiger charge is 2.33. The second kappa shape index (κ2) is 8.52. The Bertz CT molecular complexity index is 1080. The van der Waals surface area contributed by atoms with E-state index in [9.17, 15) is 22.8 Å². The molecule has 0 aliphatic rings. The molecule has 0 fully saturated rings. The summed E-state index contributed by atoms with van der Waals surface area (Å²) in [6.45, 7) is 4.04. The molecule has 0 bridgehead atoms. The van der Waals surface area contributed by atoms with Crippen LogP contribution >= 0.6 is 0 Å². The third kappa shape index (κ3) is 4.42. The number of aryl methyl sites for hydroxylation is 1. The molecule has 0 aliphatic carbocycles. The summed E-state index contributed by atoms with van der Waals surface area (Å²) in [5.41, 5.74) is 0.338. The second-order valence-electron chi connectivity index (χ2n) is 6.52. The highest BCUT2D eigenvalue weighted by molar-refractivity contribution is 6.01. The summed E-state index contributed by atoms with van der Waals surface area (Å²) < 4.78 is 41.0. The number of nitrogens with one attached hydrogen (secondary N) is 1. The maximum absolute atomic E-state index is 13.1. The molecular weight excluding hydrogens is 399 g/mol. The number of likely N-dealkylation sites (N-methyl/N-ethyl adjacent to an activating group) is 1. The molecule has 0 saturated carbocycles. The first-order chi connectivity index (χ1) is 14.2. The molecule has 1 heterocycles. The fourth-order valence-electron chi connectivity index (χ4n) is 3.05. The van der Waals surface area contributed by atoms with E-state index in [1.165, 1.54) is 23.1 Å². The summed E-state index contributed by atoms with van der Waals surface area (Å²) in [5.74, 6) is -1.15. The lowest BCUT2D eigenvalue weighted by Gasteiger charge is -2.21. The Morgan fingerprint density at radius 2 is 1.87 bits per heavy atom. The maximum Gasteiger partial charge on any atom is 0.418 e. The lowest BCUT2D eigenvalue weighted by atomic mass is 10.1. The van der Waals surface area contributed by atoms with Crippen LogP contribution in [0.25, 0.3) is 11.0 Å². The number of rotatable bonds is 6. The molecule has 2 aromatic carbocycles. The van der Waals surface area contributed by atoms with Crippen LogP contribution in [0.5, 0.6) is 0 Å². The number of hydrogen-bond donors (Lipinski definition) is 1. The van der Waals surface area contributed by atoms with Crippen LogP contribution in [-0.2, 0) is 17.5 Å². The van der Waals surface area contributed by atoms with E-state index in [1.807, 2.05) is 6.92 Å². The number of carbonyl (C=O) groups is 2. The van der Waals surface area contributed by atoms with E-state index in [4.69, 9.17) is 0 Å². The average molecular weight is 419 g/mol. The van der Waals surface area contributed by atoms with Crippen molar-refractivity contribution in [1.29, 1.82) is 0 Å². The summed E-state index contributed by atoms with van der Waals surface area (Å²) in [6, 6.07) is 9.61. The van der Waals surface area contributed by atoms with Crippen molar-refractivity contribution < 1.29 is 22.8 Å². The van der Waals surface area contributed by atoms with Gasteiger partial charge in [-0.3, -0.25) is 9.59 Å². The van der Waals surface area contributed by atoms with E-state index >= 15 is 0 Å². The Balaban J connectivity index is 1.75. The van der Waals surface area contributed by atoms with Gasteiger partial charge in [0.05, 0.1) is 16.8 Å². The minimum Gasteiger partial charge on any atom is -0.330 e. The third-order valence-corrected chi connectivity index (χ3v) is 4.57. The molecule has 1 N–H and O–H groups in total. The van der Waals surface area contributed by atoms with Crippen molar-refractivity contribution in [3.8, 4) is 0 Å². The van der Waals surface area contributed by atoms with Crippen LogP contribution in [-0.4, -0.2) is 44.8 Å². The predicted molar refractivity (Wildman–Crippen MR) is 105 cm³/mol. The number of anilines is 1. The average Bonchev–Trinajstić information content (AvgIpc) is 3.13. The van der Waals surface area contributed by atoms with Gasteiger partial charge in [-0.05, 0) is 44.2 Å². The first-order valence-electron chi connectivity index (χ1n) is 9.33. The highest BCUT2D eigenvalue weighted by Crippen LogP contribution is 2.34. The molecule has 0 aliphatic heterocycles. The smallest absolute Gasteiger partial charge is 0.330 e. The van der Waals surface area contributed by atoms with E-state index in [1.54, 1.807) is 29.8 Å². The molecule has 2 amide bonds. The van der Waals surface area contributed by atoms with Gasteiger partial charge in [-0.15, -0.1) is 5.10 Å². The number of benzene rings is 2. The van der Waals surface area contributed by atoms with Crippen LogP contribution in [0.4, 0.5) is 18.9 Å². The lowest BCUT2D eigenvalue weighted by Crippen LogP contribution is -2.38. The Hall–Kier alpha value is -3.43. The van der Waals surface area contributed by atoms with Crippen molar-refractivity contribution in [2.45, 2.75) is 26.6 Å². The van der Waals surface area contributed by atoms with Crippen molar-refractivity contribution in [2.75, 3.05) is 18.4 Å². The zero-order valence-electron chi connectivity index (χ0n) is 16.4. The molecule has 158 valence electrons.